The third-order valence-electron chi connectivity index (χ3n) is 2.48. The van der Waals surface area contributed by atoms with E-state index in [-0.39, 0.29) is 17.5 Å². The van der Waals surface area contributed by atoms with Gasteiger partial charge in [0.15, 0.2) is 0 Å². The van der Waals surface area contributed by atoms with Crippen LogP contribution >= 0.6 is 12.6 Å². The highest BCUT2D eigenvalue weighted by Crippen LogP contribution is 1.97. The summed E-state index contributed by atoms with van der Waals surface area (Å²) in [5, 5.41) is 7.89. The second-order valence-corrected chi connectivity index (χ2v) is 5.47. The van der Waals surface area contributed by atoms with E-state index in [1.54, 1.807) is 6.92 Å². The molecular formula is C21H30O6S. The molecule has 0 aliphatic carbocycles. The molecule has 1 aromatic carbocycles. The highest BCUT2D eigenvalue weighted by Gasteiger charge is 1.95. The van der Waals surface area contributed by atoms with Crippen molar-refractivity contribution in [3.63, 3.8) is 0 Å². The highest BCUT2D eigenvalue weighted by atomic mass is 32.1. The fourth-order valence-electron chi connectivity index (χ4n) is 0.957. The second-order valence-electron chi connectivity index (χ2n) is 5.02. The van der Waals surface area contributed by atoms with Gasteiger partial charge in [0.05, 0.1) is 20.6 Å². The summed E-state index contributed by atoms with van der Waals surface area (Å²) in [6.45, 7) is 13.2. The van der Waals surface area contributed by atoms with Crippen molar-refractivity contribution >= 4 is 36.6 Å². The first kappa shape index (κ1) is 29.9. The topological polar surface area (TPSA) is 89.9 Å². The maximum atomic E-state index is 10.2. The molecular weight excluding hydrogens is 380 g/mol. The molecule has 0 saturated carbocycles. The van der Waals surface area contributed by atoms with Gasteiger partial charge in [0.2, 0.25) is 0 Å². The number of ether oxygens (including phenoxy) is 2. The van der Waals surface area contributed by atoms with Crippen LogP contribution < -0.4 is 0 Å². The number of esters is 2. The van der Waals surface area contributed by atoms with Crippen molar-refractivity contribution in [1.29, 1.82) is 0 Å². The van der Waals surface area contributed by atoms with Gasteiger partial charge in [-0.3, -0.25) is 4.79 Å². The molecule has 0 heterocycles. The maximum Gasteiger partial charge on any atom is 0.332 e. The zero-order valence-corrected chi connectivity index (χ0v) is 17.8. The third kappa shape index (κ3) is 23.2. The lowest BCUT2D eigenvalue weighted by Gasteiger charge is -1.91. The SMILES string of the molecule is C=C(C)C(=O)O.C=C(C)C(=O)OC.C=Cc1ccccc1.COC(=O)CCS. The molecule has 0 atom stereocenters. The van der Waals surface area contributed by atoms with Crippen LogP contribution in [0.5, 0.6) is 0 Å². The number of carbonyl (C=O) groups is 3. The maximum absolute atomic E-state index is 10.2. The summed E-state index contributed by atoms with van der Waals surface area (Å²) < 4.78 is 8.58. The number of hydrogen-bond donors (Lipinski definition) is 2. The molecule has 1 N–H and O–H groups in total. The van der Waals surface area contributed by atoms with Crippen molar-refractivity contribution in [3.05, 3.63) is 66.8 Å². The van der Waals surface area contributed by atoms with Gasteiger partial charge in [-0.1, -0.05) is 56.1 Å². The van der Waals surface area contributed by atoms with Crippen LogP contribution in [0, 0.1) is 0 Å². The molecule has 1 rings (SSSR count). The summed E-state index contributed by atoms with van der Waals surface area (Å²) in [6.07, 6.45) is 2.24. The molecule has 0 bridgehead atoms. The molecule has 0 unspecified atom stereocenters. The molecule has 6 nitrogen and oxygen atoms in total. The number of carboxylic acids is 1. The van der Waals surface area contributed by atoms with Crippen LogP contribution in [0.15, 0.2) is 61.2 Å². The summed E-state index contributed by atoms with van der Waals surface area (Å²) in [5.41, 5.74) is 1.78. The zero-order valence-electron chi connectivity index (χ0n) is 16.9. The van der Waals surface area contributed by atoms with Gasteiger partial charge in [-0.15, -0.1) is 0 Å². The second kappa shape index (κ2) is 20.5. The summed E-state index contributed by atoms with van der Waals surface area (Å²) in [6, 6.07) is 10.0. The number of carbonyl (C=O) groups excluding carboxylic acids is 2. The van der Waals surface area contributed by atoms with Crippen LogP contribution in [-0.2, 0) is 23.9 Å². The largest absolute Gasteiger partial charge is 0.478 e. The van der Waals surface area contributed by atoms with E-state index in [2.05, 4.69) is 41.8 Å². The molecule has 0 aliphatic heterocycles. The van der Waals surface area contributed by atoms with Crippen LogP contribution in [0.25, 0.3) is 6.08 Å². The number of thiol groups is 1. The number of methoxy groups -OCH3 is 2. The minimum Gasteiger partial charge on any atom is -0.478 e. The Hall–Kier alpha value is -2.80. The predicted molar refractivity (Wildman–Crippen MR) is 116 cm³/mol. The molecule has 0 radical (unpaired) electrons. The van der Waals surface area contributed by atoms with Crippen molar-refractivity contribution in [3.8, 4) is 0 Å². The summed E-state index contributed by atoms with van der Waals surface area (Å²) >= 11 is 3.81. The van der Waals surface area contributed by atoms with E-state index in [9.17, 15) is 14.4 Å². The molecule has 0 amide bonds. The Morgan fingerprint density at radius 2 is 1.50 bits per heavy atom. The molecule has 7 heteroatoms. The van der Waals surface area contributed by atoms with Gasteiger partial charge in [-0.2, -0.15) is 12.6 Å². The average Bonchev–Trinajstić information content (AvgIpc) is 2.69. The van der Waals surface area contributed by atoms with Crippen molar-refractivity contribution in [1.82, 2.24) is 0 Å². The van der Waals surface area contributed by atoms with Gasteiger partial charge in [0, 0.05) is 16.9 Å². The van der Waals surface area contributed by atoms with Gasteiger partial charge < -0.3 is 14.6 Å². The summed E-state index contributed by atoms with van der Waals surface area (Å²) in [5.74, 6) is -0.919. The first-order valence-corrected chi connectivity index (χ1v) is 8.68. The number of rotatable bonds is 5. The minimum atomic E-state index is -0.935. The van der Waals surface area contributed by atoms with E-state index in [0.717, 1.165) is 0 Å². The zero-order chi connectivity index (χ0) is 22.5. The Labute approximate surface area is 173 Å². The Morgan fingerprint density at radius 3 is 1.64 bits per heavy atom. The van der Waals surface area contributed by atoms with E-state index >= 15 is 0 Å². The number of carboxylic acid groups (broad SMARTS) is 1. The normalized spacial score (nSPS) is 8.04. The standard InChI is InChI=1S/C8H8.C5H8O2.C4H8O2S.C4H6O2/c1-2-8-6-4-3-5-7-8;1-4(2)5(6)7-3;1-6-4(5)2-3-7;1-3(2)4(5)6/h2-7H,1H2;1H2,2-3H3;7H,2-3H2,1H3;1H2,2H3,(H,5,6). The number of hydrogen-bond acceptors (Lipinski definition) is 6. The minimum absolute atomic E-state index is 0.176. The third-order valence-corrected chi connectivity index (χ3v) is 2.70. The quantitative estimate of drug-likeness (QED) is 0.430. The van der Waals surface area contributed by atoms with E-state index in [4.69, 9.17) is 5.11 Å². The first-order valence-electron chi connectivity index (χ1n) is 8.05. The van der Waals surface area contributed by atoms with Crippen molar-refractivity contribution in [2.45, 2.75) is 20.3 Å². The van der Waals surface area contributed by atoms with Crippen LogP contribution in [0.4, 0.5) is 0 Å². The van der Waals surface area contributed by atoms with Gasteiger partial charge in [0.25, 0.3) is 0 Å². The van der Waals surface area contributed by atoms with Crippen LogP contribution in [0.2, 0.25) is 0 Å². The molecule has 0 aromatic heterocycles. The Bertz CT molecular complexity index is 611. The number of benzene rings is 1. The lowest BCUT2D eigenvalue weighted by atomic mass is 10.2. The van der Waals surface area contributed by atoms with Crippen molar-refractivity contribution in [2.24, 2.45) is 0 Å². The first-order chi connectivity index (χ1) is 13.1. The predicted octanol–water partition coefficient (Wildman–Crippen LogP) is 4.19. The molecule has 0 fully saturated rings. The van der Waals surface area contributed by atoms with E-state index in [1.165, 1.54) is 26.7 Å². The van der Waals surface area contributed by atoms with Crippen LogP contribution in [-0.4, -0.2) is 43.0 Å². The van der Waals surface area contributed by atoms with E-state index < -0.39 is 5.97 Å². The Kier molecular flexibility index (Phi) is 21.9. The molecule has 28 heavy (non-hydrogen) atoms. The lowest BCUT2D eigenvalue weighted by molar-refractivity contribution is -0.140. The molecule has 156 valence electrons. The van der Waals surface area contributed by atoms with Gasteiger partial charge in [-0.25, -0.2) is 9.59 Å². The van der Waals surface area contributed by atoms with Crippen molar-refractivity contribution in [2.75, 3.05) is 20.0 Å². The van der Waals surface area contributed by atoms with E-state index in [0.29, 0.717) is 17.7 Å². The van der Waals surface area contributed by atoms with E-state index in [1.807, 2.05) is 36.4 Å². The number of aliphatic carboxylic acids is 1. The van der Waals surface area contributed by atoms with Crippen molar-refractivity contribution < 1.29 is 29.0 Å². The molecule has 0 aliphatic rings. The fraction of sp³-hybridized carbons (Fsp3) is 0.286. The summed E-state index contributed by atoms with van der Waals surface area (Å²) in [7, 11) is 2.70. The monoisotopic (exact) mass is 410 g/mol. The van der Waals surface area contributed by atoms with Crippen LogP contribution in [0.1, 0.15) is 25.8 Å². The molecule has 0 saturated heterocycles. The van der Waals surface area contributed by atoms with Gasteiger partial charge in [-0.05, 0) is 19.4 Å². The highest BCUT2D eigenvalue weighted by molar-refractivity contribution is 7.80. The smallest absolute Gasteiger partial charge is 0.332 e. The van der Waals surface area contributed by atoms with Crippen LogP contribution in [0.3, 0.4) is 0 Å². The molecule has 1 aromatic rings. The lowest BCUT2D eigenvalue weighted by Crippen LogP contribution is -1.99. The Morgan fingerprint density at radius 1 is 1.04 bits per heavy atom. The van der Waals surface area contributed by atoms with Gasteiger partial charge in [0.1, 0.15) is 0 Å². The summed E-state index contributed by atoms with van der Waals surface area (Å²) in [4.78, 5) is 29.9. The van der Waals surface area contributed by atoms with Gasteiger partial charge >= 0.3 is 17.9 Å². The Balaban J connectivity index is -0.000000300. The average molecular weight is 411 g/mol. The molecule has 0 spiro atoms. The fourth-order valence-corrected chi connectivity index (χ4v) is 1.14.